The van der Waals surface area contributed by atoms with Crippen molar-refractivity contribution in [1.29, 1.82) is 0 Å². The van der Waals surface area contributed by atoms with Crippen molar-refractivity contribution in [3.8, 4) is 0 Å². The van der Waals surface area contributed by atoms with Crippen LogP contribution in [0, 0.1) is 10.1 Å². The molecule has 1 unspecified atom stereocenters. The second kappa shape index (κ2) is 3.59. The molecule has 1 heterocycles. The zero-order chi connectivity index (χ0) is 9.97. The second-order valence-electron chi connectivity index (χ2n) is 3.03. The average molecular weight is 191 g/mol. The predicted molar refractivity (Wildman–Crippen MR) is 50.9 cm³/mol. The Bertz CT molecular complexity index is 369. The minimum Gasteiger partial charge on any atom is -0.365 e. The Morgan fingerprint density at radius 1 is 1.36 bits per heavy atom. The summed E-state index contributed by atoms with van der Waals surface area (Å²) >= 11 is 0. The molecule has 0 saturated carbocycles. The molecule has 0 spiro atoms. The fraction of sp³-hybridized carbons (Fsp3) is 0.200. The topological polar surface area (TPSA) is 52.4 Å². The predicted octanol–water partition coefficient (Wildman–Crippen LogP) is 2.22. The van der Waals surface area contributed by atoms with Gasteiger partial charge < -0.3 is 4.74 Å². The molecule has 0 aliphatic carbocycles. The molecule has 0 amide bonds. The van der Waals surface area contributed by atoms with Crippen LogP contribution in [0.25, 0.3) is 0 Å². The first kappa shape index (κ1) is 8.90. The summed E-state index contributed by atoms with van der Waals surface area (Å²) in [5, 5.41) is 10.4. The molecule has 4 heteroatoms. The van der Waals surface area contributed by atoms with Crippen LogP contribution in [0.15, 0.2) is 36.4 Å². The van der Waals surface area contributed by atoms with Gasteiger partial charge in [-0.15, -0.1) is 0 Å². The lowest BCUT2D eigenvalue weighted by Gasteiger charge is -2.07. The molecule has 1 aliphatic rings. The van der Waals surface area contributed by atoms with E-state index in [-0.39, 0.29) is 11.8 Å². The van der Waals surface area contributed by atoms with E-state index in [1.165, 1.54) is 12.1 Å². The van der Waals surface area contributed by atoms with Crippen molar-refractivity contribution in [2.75, 3.05) is 6.61 Å². The van der Waals surface area contributed by atoms with Crippen LogP contribution >= 0.6 is 0 Å². The van der Waals surface area contributed by atoms with Crippen molar-refractivity contribution in [3.05, 3.63) is 52.1 Å². The summed E-state index contributed by atoms with van der Waals surface area (Å²) in [5.74, 6) is 0. The minimum atomic E-state index is -0.408. The largest absolute Gasteiger partial charge is 0.365 e. The van der Waals surface area contributed by atoms with E-state index in [1.54, 1.807) is 12.1 Å². The molecule has 1 atom stereocenters. The van der Waals surface area contributed by atoms with Crippen molar-refractivity contribution in [1.82, 2.24) is 0 Å². The number of nitrogens with zero attached hydrogens (tertiary/aromatic N) is 1. The Morgan fingerprint density at radius 3 is 2.57 bits per heavy atom. The van der Waals surface area contributed by atoms with Gasteiger partial charge >= 0.3 is 0 Å². The number of hydrogen-bond donors (Lipinski definition) is 0. The smallest absolute Gasteiger partial charge is 0.269 e. The van der Waals surface area contributed by atoms with Gasteiger partial charge in [0, 0.05) is 12.1 Å². The number of non-ortho nitro benzene ring substituents is 1. The van der Waals surface area contributed by atoms with Gasteiger partial charge in [-0.25, -0.2) is 0 Å². The number of nitro benzene ring substituents is 1. The molecule has 72 valence electrons. The number of ether oxygens (including phenoxy) is 1. The Hall–Kier alpha value is -1.68. The maximum absolute atomic E-state index is 10.4. The van der Waals surface area contributed by atoms with Crippen LogP contribution in [0.2, 0.25) is 0 Å². The fourth-order valence-corrected chi connectivity index (χ4v) is 1.39. The fourth-order valence-electron chi connectivity index (χ4n) is 1.39. The van der Waals surface area contributed by atoms with E-state index in [0.717, 1.165) is 5.56 Å². The van der Waals surface area contributed by atoms with Gasteiger partial charge in [-0.05, 0) is 17.7 Å². The third kappa shape index (κ3) is 1.65. The highest BCUT2D eigenvalue weighted by Gasteiger charge is 2.13. The summed E-state index contributed by atoms with van der Waals surface area (Å²) < 4.78 is 5.36. The molecule has 1 aromatic carbocycles. The lowest BCUT2D eigenvalue weighted by Crippen LogP contribution is -1.96. The molecule has 0 fully saturated rings. The molecule has 14 heavy (non-hydrogen) atoms. The molecular formula is C10H9NO3. The summed E-state index contributed by atoms with van der Waals surface area (Å²) in [6.07, 6.45) is 3.84. The van der Waals surface area contributed by atoms with Crippen LogP contribution in [0.4, 0.5) is 5.69 Å². The summed E-state index contributed by atoms with van der Waals surface area (Å²) in [6, 6.07) is 6.42. The summed E-state index contributed by atoms with van der Waals surface area (Å²) in [5.41, 5.74) is 1.06. The lowest BCUT2D eigenvalue weighted by molar-refractivity contribution is -0.384. The van der Waals surface area contributed by atoms with E-state index in [2.05, 4.69) is 0 Å². The van der Waals surface area contributed by atoms with E-state index < -0.39 is 4.92 Å². The first-order chi connectivity index (χ1) is 6.77. The van der Waals surface area contributed by atoms with Crippen molar-refractivity contribution in [3.63, 3.8) is 0 Å². The first-order valence-electron chi connectivity index (χ1n) is 4.30. The Morgan fingerprint density at radius 2 is 2.07 bits per heavy atom. The molecular weight excluding hydrogens is 182 g/mol. The number of nitro groups is 1. The molecule has 0 radical (unpaired) electrons. The number of hydrogen-bond acceptors (Lipinski definition) is 3. The van der Waals surface area contributed by atoms with E-state index in [0.29, 0.717) is 6.61 Å². The van der Waals surface area contributed by atoms with Gasteiger partial charge in [-0.3, -0.25) is 10.1 Å². The van der Waals surface area contributed by atoms with E-state index in [9.17, 15) is 10.1 Å². The monoisotopic (exact) mass is 191 g/mol. The van der Waals surface area contributed by atoms with Crippen LogP contribution in [-0.4, -0.2) is 11.5 Å². The third-order valence-corrected chi connectivity index (χ3v) is 2.12. The standard InChI is InChI=1S/C10H9NO3/c12-11(13)9-5-3-8(4-6-9)10-2-1-7-14-10/h1-6,10H,7H2. The van der Waals surface area contributed by atoms with Gasteiger partial charge in [-0.2, -0.15) is 0 Å². The van der Waals surface area contributed by atoms with Crippen LogP contribution in [-0.2, 0) is 4.74 Å². The highest BCUT2D eigenvalue weighted by Crippen LogP contribution is 2.24. The first-order valence-corrected chi connectivity index (χ1v) is 4.30. The Kier molecular flexibility index (Phi) is 2.28. The van der Waals surface area contributed by atoms with Crippen molar-refractivity contribution in [2.45, 2.75) is 6.10 Å². The van der Waals surface area contributed by atoms with Crippen LogP contribution < -0.4 is 0 Å². The molecule has 0 aromatic heterocycles. The third-order valence-electron chi connectivity index (χ3n) is 2.12. The summed E-state index contributed by atoms with van der Waals surface area (Å²) in [6.45, 7) is 0.613. The maximum atomic E-state index is 10.4. The summed E-state index contributed by atoms with van der Waals surface area (Å²) in [7, 11) is 0. The van der Waals surface area contributed by atoms with Crippen LogP contribution in [0.5, 0.6) is 0 Å². The molecule has 0 N–H and O–H groups in total. The highest BCUT2D eigenvalue weighted by atomic mass is 16.6. The molecule has 4 nitrogen and oxygen atoms in total. The van der Waals surface area contributed by atoms with E-state index >= 15 is 0 Å². The highest BCUT2D eigenvalue weighted by molar-refractivity contribution is 5.35. The quantitative estimate of drug-likeness (QED) is 0.409. The SMILES string of the molecule is O=[N+]([O-])c1ccc(C2C=CCO2)cc1. The summed E-state index contributed by atoms with van der Waals surface area (Å²) in [4.78, 5) is 9.99. The minimum absolute atomic E-state index is 0.0456. The van der Waals surface area contributed by atoms with Crippen molar-refractivity contribution < 1.29 is 9.66 Å². The average Bonchev–Trinajstić information content (AvgIpc) is 2.71. The van der Waals surface area contributed by atoms with Gasteiger partial charge in [0.05, 0.1) is 11.5 Å². The van der Waals surface area contributed by atoms with Gasteiger partial charge in [-0.1, -0.05) is 12.2 Å². The Labute approximate surface area is 81.0 Å². The lowest BCUT2D eigenvalue weighted by atomic mass is 10.1. The second-order valence-corrected chi connectivity index (χ2v) is 3.03. The normalized spacial score (nSPS) is 19.9. The molecule has 1 aliphatic heterocycles. The van der Waals surface area contributed by atoms with Gasteiger partial charge in [0.25, 0.3) is 5.69 Å². The molecule has 1 aromatic rings. The van der Waals surface area contributed by atoms with Crippen LogP contribution in [0.1, 0.15) is 11.7 Å². The molecule has 0 saturated heterocycles. The van der Waals surface area contributed by atoms with Gasteiger partial charge in [0.2, 0.25) is 0 Å². The number of rotatable bonds is 2. The van der Waals surface area contributed by atoms with E-state index in [4.69, 9.17) is 4.74 Å². The van der Waals surface area contributed by atoms with Crippen molar-refractivity contribution in [2.24, 2.45) is 0 Å². The zero-order valence-electron chi connectivity index (χ0n) is 7.42. The molecule has 0 bridgehead atoms. The Balaban J connectivity index is 2.21. The van der Waals surface area contributed by atoms with Crippen molar-refractivity contribution >= 4 is 5.69 Å². The number of benzene rings is 1. The van der Waals surface area contributed by atoms with Crippen LogP contribution in [0.3, 0.4) is 0 Å². The van der Waals surface area contributed by atoms with Gasteiger partial charge in [0.15, 0.2) is 0 Å². The van der Waals surface area contributed by atoms with E-state index in [1.807, 2.05) is 12.2 Å². The molecule has 2 rings (SSSR count). The van der Waals surface area contributed by atoms with Gasteiger partial charge in [0.1, 0.15) is 6.10 Å². The zero-order valence-corrected chi connectivity index (χ0v) is 7.42. The maximum Gasteiger partial charge on any atom is 0.269 e.